The van der Waals surface area contributed by atoms with Gasteiger partial charge in [-0.05, 0) is 61.5 Å². The fraction of sp³-hybridized carbons (Fsp3) is 0.258. The number of nitrogens with zero attached hydrogens (tertiary/aromatic N) is 1. The normalized spacial score (nSPS) is 20.8. The number of allylic oxidation sites excluding steroid dienone is 2. The van der Waals surface area contributed by atoms with E-state index in [1.165, 1.54) is 35.6 Å². The largest absolute Gasteiger partial charge is 0.465 e. The molecule has 0 fully saturated rings. The molecule has 0 amide bonds. The highest BCUT2D eigenvalue weighted by atomic mass is 32.1. The van der Waals surface area contributed by atoms with Crippen molar-refractivity contribution in [3.8, 4) is 0 Å². The molecular weight excluding hydrogens is 531 g/mol. The number of hydrogen-bond acceptors (Lipinski definition) is 8. The Morgan fingerprint density at radius 2 is 1.70 bits per heavy atom. The minimum absolute atomic E-state index is 0.0570. The first-order chi connectivity index (χ1) is 19.4. The Morgan fingerprint density at radius 1 is 1.00 bits per heavy atom. The molecule has 2 N–H and O–H groups in total. The van der Waals surface area contributed by atoms with Crippen molar-refractivity contribution in [2.75, 3.05) is 18.1 Å². The van der Waals surface area contributed by atoms with Gasteiger partial charge < -0.3 is 15.2 Å². The second kappa shape index (κ2) is 11.5. The van der Waals surface area contributed by atoms with E-state index in [-0.39, 0.29) is 36.6 Å². The lowest BCUT2D eigenvalue weighted by molar-refractivity contribution is -0.152. The van der Waals surface area contributed by atoms with E-state index in [0.29, 0.717) is 16.9 Å². The van der Waals surface area contributed by atoms with Gasteiger partial charge in [-0.15, -0.1) is 11.3 Å². The van der Waals surface area contributed by atoms with Gasteiger partial charge in [-0.3, -0.25) is 14.5 Å². The molecule has 2 aliphatic rings. The molecule has 1 aromatic heterocycles. The number of halogens is 1. The number of Topliss-reactive ketones (excluding diaryl/α,β-unsaturated/α-hetero) is 1. The molecule has 3 aromatic rings. The Hall–Kier alpha value is -4.24. The smallest absolute Gasteiger partial charge is 0.338 e. The summed E-state index contributed by atoms with van der Waals surface area (Å²) in [7, 11) is 0. The van der Waals surface area contributed by atoms with Gasteiger partial charge in [0, 0.05) is 27.8 Å². The number of ether oxygens (including phenoxy) is 2. The Balaban J connectivity index is 1.80. The molecular formula is C31H29FN2O5S. The Labute approximate surface area is 235 Å². The van der Waals surface area contributed by atoms with E-state index in [9.17, 15) is 18.8 Å². The van der Waals surface area contributed by atoms with Gasteiger partial charge >= 0.3 is 11.9 Å². The fourth-order valence-electron chi connectivity index (χ4n) is 5.57. The highest BCUT2D eigenvalue weighted by Crippen LogP contribution is 2.52. The van der Waals surface area contributed by atoms with Crippen LogP contribution in [-0.2, 0) is 23.9 Å². The van der Waals surface area contributed by atoms with Crippen LogP contribution < -0.4 is 10.6 Å². The van der Waals surface area contributed by atoms with Gasteiger partial charge in [-0.2, -0.15) is 0 Å². The summed E-state index contributed by atoms with van der Waals surface area (Å²) >= 11 is 1.46. The molecule has 1 aliphatic carbocycles. The number of carbonyl (C=O) groups is 3. The topological polar surface area (TPSA) is 98.9 Å². The third-order valence-corrected chi connectivity index (χ3v) is 8.21. The molecule has 3 atom stereocenters. The van der Waals surface area contributed by atoms with E-state index in [1.807, 2.05) is 47.8 Å². The number of nitrogens with two attached hydrogens (primary N) is 1. The van der Waals surface area contributed by atoms with Crippen LogP contribution in [0.3, 0.4) is 0 Å². The van der Waals surface area contributed by atoms with Crippen LogP contribution in [0.4, 0.5) is 10.1 Å². The van der Waals surface area contributed by atoms with Gasteiger partial charge in [0.25, 0.3) is 0 Å². The average Bonchev–Trinajstić information content (AvgIpc) is 3.48. The zero-order chi connectivity index (χ0) is 28.4. The maximum absolute atomic E-state index is 14.6. The first kappa shape index (κ1) is 27.3. The number of para-hydroxylation sites is 1. The standard InChI is InChI=1S/C31H29FN2O5S/c1-3-38-30(36)25-21(23-11-8-16-40-23)17-22-26(28(25)35)24(18-12-14-19(32)15-13-18)27(31(37)39-4-2)29(33)34(22)20-9-6-5-7-10-20/h5-16,21,24-25H,3-4,17,33H2,1-2H3. The maximum Gasteiger partial charge on any atom is 0.338 e. The summed E-state index contributed by atoms with van der Waals surface area (Å²) in [4.78, 5) is 44.0. The van der Waals surface area contributed by atoms with Gasteiger partial charge in [0.1, 0.15) is 17.6 Å². The summed E-state index contributed by atoms with van der Waals surface area (Å²) in [6.45, 7) is 3.57. The molecule has 7 nitrogen and oxygen atoms in total. The van der Waals surface area contributed by atoms with E-state index < -0.39 is 41.3 Å². The summed E-state index contributed by atoms with van der Waals surface area (Å²) in [5.41, 5.74) is 8.82. The van der Waals surface area contributed by atoms with E-state index in [0.717, 1.165) is 4.88 Å². The average molecular weight is 561 g/mol. The second-order valence-electron chi connectivity index (χ2n) is 9.46. The van der Waals surface area contributed by atoms with Crippen LogP contribution in [0, 0.1) is 11.7 Å². The summed E-state index contributed by atoms with van der Waals surface area (Å²) in [5.74, 6) is -4.71. The molecule has 40 heavy (non-hydrogen) atoms. The Morgan fingerprint density at radius 3 is 2.33 bits per heavy atom. The lowest BCUT2D eigenvalue weighted by atomic mass is 9.68. The number of carbonyl (C=O) groups excluding carboxylic acids is 3. The molecule has 0 spiro atoms. The van der Waals surface area contributed by atoms with Crippen LogP contribution in [0.1, 0.15) is 42.5 Å². The van der Waals surface area contributed by atoms with Gasteiger partial charge in [0.15, 0.2) is 5.78 Å². The Kier molecular flexibility index (Phi) is 7.84. The molecule has 0 saturated heterocycles. The number of thiophene rings is 1. The number of rotatable bonds is 7. The van der Waals surface area contributed by atoms with Gasteiger partial charge in [-0.25, -0.2) is 9.18 Å². The van der Waals surface area contributed by atoms with Gasteiger partial charge in [0.05, 0.1) is 24.7 Å². The number of anilines is 1. The highest BCUT2D eigenvalue weighted by Gasteiger charge is 2.51. The summed E-state index contributed by atoms with van der Waals surface area (Å²) in [6, 6.07) is 18.5. The zero-order valence-corrected chi connectivity index (χ0v) is 23.0. The van der Waals surface area contributed by atoms with Crippen molar-refractivity contribution in [1.29, 1.82) is 0 Å². The Bertz CT molecular complexity index is 1480. The van der Waals surface area contributed by atoms with E-state index >= 15 is 0 Å². The van der Waals surface area contributed by atoms with Crippen molar-refractivity contribution in [3.63, 3.8) is 0 Å². The van der Waals surface area contributed by atoms with Crippen LogP contribution >= 0.6 is 11.3 Å². The maximum atomic E-state index is 14.6. The van der Waals surface area contributed by atoms with Crippen molar-refractivity contribution >= 4 is 34.7 Å². The summed E-state index contributed by atoms with van der Waals surface area (Å²) in [5, 5.41) is 1.90. The highest BCUT2D eigenvalue weighted by molar-refractivity contribution is 7.10. The number of benzene rings is 2. The monoisotopic (exact) mass is 560 g/mol. The number of ketones is 1. The molecule has 0 saturated carbocycles. The number of hydrogen-bond donors (Lipinski definition) is 1. The molecule has 1 aliphatic heterocycles. The van der Waals surface area contributed by atoms with Crippen molar-refractivity contribution < 1.29 is 28.2 Å². The molecule has 206 valence electrons. The first-order valence-corrected chi connectivity index (χ1v) is 14.0. The second-order valence-corrected chi connectivity index (χ2v) is 10.4. The lowest BCUT2D eigenvalue weighted by Gasteiger charge is -2.43. The summed E-state index contributed by atoms with van der Waals surface area (Å²) in [6.07, 6.45) is 0.286. The predicted molar refractivity (Wildman–Crippen MR) is 150 cm³/mol. The minimum atomic E-state index is -1.12. The minimum Gasteiger partial charge on any atom is -0.465 e. The molecule has 3 unspecified atom stereocenters. The first-order valence-electron chi connectivity index (χ1n) is 13.1. The van der Waals surface area contributed by atoms with Gasteiger partial charge in [-0.1, -0.05) is 36.4 Å². The van der Waals surface area contributed by atoms with Crippen molar-refractivity contribution in [1.82, 2.24) is 0 Å². The predicted octanol–water partition coefficient (Wildman–Crippen LogP) is 5.41. The quantitative estimate of drug-likeness (QED) is 0.305. The van der Waals surface area contributed by atoms with Crippen LogP contribution in [0.15, 0.2) is 94.8 Å². The van der Waals surface area contributed by atoms with Crippen LogP contribution in [0.2, 0.25) is 0 Å². The molecule has 0 radical (unpaired) electrons. The van der Waals surface area contributed by atoms with Gasteiger partial charge in [0.2, 0.25) is 0 Å². The third kappa shape index (κ3) is 4.81. The lowest BCUT2D eigenvalue weighted by Crippen LogP contribution is -2.46. The fourth-order valence-corrected chi connectivity index (χ4v) is 6.44. The SMILES string of the molecule is CCOC(=O)C1=C(N)N(c2ccccc2)C2=C(C(=O)C(C(=O)OCC)C(c3cccs3)C2)C1c1ccc(F)cc1. The molecule has 5 rings (SSSR count). The van der Waals surface area contributed by atoms with E-state index in [1.54, 1.807) is 18.7 Å². The van der Waals surface area contributed by atoms with Crippen LogP contribution in [0.5, 0.6) is 0 Å². The molecule has 0 bridgehead atoms. The van der Waals surface area contributed by atoms with Crippen molar-refractivity contribution in [2.45, 2.75) is 32.1 Å². The molecule has 2 heterocycles. The van der Waals surface area contributed by atoms with E-state index in [2.05, 4.69) is 0 Å². The number of esters is 2. The van der Waals surface area contributed by atoms with Crippen LogP contribution in [-0.4, -0.2) is 30.9 Å². The van der Waals surface area contributed by atoms with E-state index in [4.69, 9.17) is 15.2 Å². The zero-order valence-electron chi connectivity index (χ0n) is 22.1. The van der Waals surface area contributed by atoms with Crippen molar-refractivity contribution in [3.05, 3.63) is 111 Å². The summed E-state index contributed by atoms with van der Waals surface area (Å²) < 4.78 is 24.8. The van der Waals surface area contributed by atoms with Crippen molar-refractivity contribution in [2.24, 2.45) is 11.7 Å². The van der Waals surface area contributed by atoms with Crippen LogP contribution in [0.25, 0.3) is 0 Å². The third-order valence-electron chi connectivity index (χ3n) is 7.20. The molecule has 9 heteroatoms. The molecule has 2 aromatic carbocycles.